The maximum atomic E-state index is 13.3. The van der Waals surface area contributed by atoms with E-state index >= 15 is 0 Å². The Hall–Kier alpha value is -3.65. The Kier molecular flexibility index (Phi) is 7.27. The van der Waals surface area contributed by atoms with Crippen LogP contribution >= 0.6 is 12.2 Å². The fraction of sp³-hybridized carbons (Fsp3) is 0.208. The zero-order chi connectivity index (χ0) is 23.3. The zero-order valence-electron chi connectivity index (χ0n) is 17.9. The average molecular weight is 453 g/mol. The van der Waals surface area contributed by atoms with E-state index in [0.29, 0.717) is 42.2 Å². The summed E-state index contributed by atoms with van der Waals surface area (Å²) in [5.74, 6) is -0.322. The Morgan fingerprint density at radius 2 is 1.91 bits per heavy atom. The number of nitrogens with one attached hydrogen (secondary N) is 1. The van der Waals surface area contributed by atoms with Crippen LogP contribution in [0, 0.1) is 0 Å². The molecule has 0 aliphatic carbocycles. The summed E-state index contributed by atoms with van der Waals surface area (Å²) in [5.41, 5.74) is 1.47. The maximum Gasteiger partial charge on any atom is 0.270 e. The van der Waals surface area contributed by atoms with Gasteiger partial charge < -0.3 is 14.6 Å². The van der Waals surface area contributed by atoms with Gasteiger partial charge in [0, 0.05) is 11.6 Å². The topological polar surface area (TPSA) is 88.1 Å². The number of aromatic hydroxyl groups is 1. The third-order valence-electron chi connectivity index (χ3n) is 4.64. The Bertz CT molecular complexity index is 1110. The number of benzene rings is 2. The van der Waals surface area contributed by atoms with Crippen LogP contribution in [0.15, 0.2) is 54.6 Å². The van der Waals surface area contributed by atoms with E-state index in [4.69, 9.17) is 21.7 Å². The lowest BCUT2D eigenvalue weighted by molar-refractivity contribution is -0.122. The van der Waals surface area contributed by atoms with Gasteiger partial charge in [0.05, 0.1) is 18.9 Å². The first-order valence-electron chi connectivity index (χ1n) is 10.1. The molecule has 2 amide bonds. The van der Waals surface area contributed by atoms with Crippen molar-refractivity contribution >= 4 is 40.9 Å². The fourth-order valence-electron chi connectivity index (χ4n) is 3.29. The van der Waals surface area contributed by atoms with Gasteiger partial charge in [-0.3, -0.25) is 19.8 Å². The van der Waals surface area contributed by atoms with Crippen molar-refractivity contribution in [3.63, 3.8) is 0 Å². The molecule has 0 spiro atoms. The van der Waals surface area contributed by atoms with Crippen molar-refractivity contribution in [1.29, 1.82) is 0 Å². The summed E-state index contributed by atoms with van der Waals surface area (Å²) in [7, 11) is 0. The van der Waals surface area contributed by atoms with Gasteiger partial charge in [-0.1, -0.05) is 12.1 Å². The second-order valence-electron chi connectivity index (χ2n) is 6.84. The van der Waals surface area contributed by atoms with E-state index in [0.717, 1.165) is 0 Å². The molecule has 3 rings (SSSR count). The summed E-state index contributed by atoms with van der Waals surface area (Å²) in [6.07, 6.45) is 3.49. The number of carbonyl (C=O) groups excluding carboxylic acids is 2. The molecule has 0 aromatic heterocycles. The highest BCUT2D eigenvalue weighted by Crippen LogP contribution is 2.34. The van der Waals surface area contributed by atoms with Crippen molar-refractivity contribution in [1.82, 2.24) is 5.32 Å². The molecule has 1 saturated heterocycles. The van der Waals surface area contributed by atoms with Crippen LogP contribution < -0.4 is 19.7 Å². The molecule has 1 aliphatic rings. The second-order valence-corrected chi connectivity index (χ2v) is 7.23. The van der Waals surface area contributed by atoms with Crippen LogP contribution in [0.5, 0.6) is 17.2 Å². The van der Waals surface area contributed by atoms with Gasteiger partial charge in [0.25, 0.3) is 11.8 Å². The largest absolute Gasteiger partial charge is 0.504 e. The molecule has 1 heterocycles. The third kappa shape index (κ3) is 4.81. The summed E-state index contributed by atoms with van der Waals surface area (Å²) >= 11 is 5.26. The standard InChI is InChI=1S/C24H24N2O5S/c1-4-8-16-11-15(13-20(21(16)27)31-6-3)12-19-22(28)25-24(32)26(23(19)29)17-9-7-10-18(14-17)30-5-2/h4,7,9-14,27H,1,5-6,8H2,2-3H3,(H,25,28,32). The number of anilines is 1. The molecule has 0 atom stereocenters. The Morgan fingerprint density at radius 1 is 1.16 bits per heavy atom. The highest BCUT2D eigenvalue weighted by Gasteiger charge is 2.34. The Labute approximate surface area is 191 Å². The van der Waals surface area contributed by atoms with Crippen LogP contribution in [-0.2, 0) is 16.0 Å². The number of phenols is 1. The number of carbonyl (C=O) groups is 2. The van der Waals surface area contributed by atoms with Gasteiger partial charge in [-0.25, -0.2) is 0 Å². The molecule has 166 valence electrons. The van der Waals surface area contributed by atoms with Crippen LogP contribution in [0.2, 0.25) is 0 Å². The summed E-state index contributed by atoms with van der Waals surface area (Å²) in [5, 5.41) is 13.0. The van der Waals surface area contributed by atoms with Crippen molar-refractivity contribution < 1.29 is 24.2 Å². The molecule has 1 fully saturated rings. The fourth-order valence-corrected chi connectivity index (χ4v) is 3.57. The highest BCUT2D eigenvalue weighted by atomic mass is 32.1. The quantitative estimate of drug-likeness (QED) is 0.275. The average Bonchev–Trinajstić information content (AvgIpc) is 2.75. The van der Waals surface area contributed by atoms with Gasteiger partial charge in [0.15, 0.2) is 16.6 Å². The first kappa shape index (κ1) is 23.0. The molecule has 7 nitrogen and oxygen atoms in total. The lowest BCUT2D eigenvalue weighted by atomic mass is 10.0. The van der Waals surface area contributed by atoms with E-state index in [9.17, 15) is 14.7 Å². The van der Waals surface area contributed by atoms with Crippen LogP contribution in [-0.4, -0.2) is 35.2 Å². The summed E-state index contributed by atoms with van der Waals surface area (Å²) in [6, 6.07) is 10.2. The number of thiocarbonyl (C=S) groups is 1. The number of rotatable bonds is 8. The van der Waals surface area contributed by atoms with E-state index in [-0.39, 0.29) is 22.2 Å². The molecule has 0 saturated carbocycles. The third-order valence-corrected chi connectivity index (χ3v) is 4.92. The van der Waals surface area contributed by atoms with Crippen molar-refractivity contribution in [2.24, 2.45) is 0 Å². The Morgan fingerprint density at radius 3 is 2.59 bits per heavy atom. The molecule has 1 aliphatic heterocycles. The van der Waals surface area contributed by atoms with Gasteiger partial charge in [-0.2, -0.15) is 0 Å². The second kappa shape index (κ2) is 10.1. The van der Waals surface area contributed by atoms with Crippen molar-refractivity contribution in [2.75, 3.05) is 18.1 Å². The molecular weight excluding hydrogens is 428 g/mol. The SMILES string of the molecule is C=CCc1cc(C=C2C(=O)NC(=S)N(c3cccc(OCC)c3)C2=O)cc(OCC)c1O. The van der Waals surface area contributed by atoms with Gasteiger partial charge in [0.2, 0.25) is 0 Å². The van der Waals surface area contributed by atoms with E-state index < -0.39 is 11.8 Å². The minimum atomic E-state index is -0.603. The lowest BCUT2D eigenvalue weighted by Crippen LogP contribution is -2.54. The normalized spacial score (nSPS) is 15.0. The molecule has 2 aromatic carbocycles. The van der Waals surface area contributed by atoms with Crippen LogP contribution in [0.25, 0.3) is 6.08 Å². The first-order chi connectivity index (χ1) is 15.4. The van der Waals surface area contributed by atoms with Crippen LogP contribution in [0.3, 0.4) is 0 Å². The molecule has 32 heavy (non-hydrogen) atoms. The molecule has 0 unspecified atom stereocenters. The number of amides is 2. The number of phenolic OH excluding ortho intramolecular Hbond substituents is 1. The number of allylic oxidation sites excluding steroid dienone is 1. The monoisotopic (exact) mass is 452 g/mol. The highest BCUT2D eigenvalue weighted by molar-refractivity contribution is 7.80. The first-order valence-corrected chi connectivity index (χ1v) is 10.5. The lowest BCUT2D eigenvalue weighted by Gasteiger charge is -2.29. The predicted octanol–water partition coefficient (Wildman–Crippen LogP) is 3.75. The van der Waals surface area contributed by atoms with E-state index in [2.05, 4.69) is 11.9 Å². The van der Waals surface area contributed by atoms with Gasteiger partial charge in [0.1, 0.15) is 11.3 Å². The van der Waals surface area contributed by atoms with Gasteiger partial charge in [-0.15, -0.1) is 6.58 Å². The van der Waals surface area contributed by atoms with Crippen molar-refractivity contribution in [2.45, 2.75) is 20.3 Å². The number of ether oxygens (including phenoxy) is 2. The van der Waals surface area contributed by atoms with E-state index in [1.165, 1.54) is 11.0 Å². The smallest absolute Gasteiger partial charge is 0.270 e. The van der Waals surface area contributed by atoms with E-state index in [1.807, 2.05) is 6.92 Å². The predicted molar refractivity (Wildman–Crippen MR) is 127 cm³/mol. The summed E-state index contributed by atoms with van der Waals surface area (Å²) < 4.78 is 11.0. The minimum absolute atomic E-state index is 0.00358. The van der Waals surface area contributed by atoms with Gasteiger partial charge in [-0.05, 0) is 68.4 Å². The Balaban J connectivity index is 2.04. The molecule has 8 heteroatoms. The number of nitrogens with zero attached hydrogens (tertiary/aromatic N) is 1. The zero-order valence-corrected chi connectivity index (χ0v) is 18.7. The molecule has 2 aromatic rings. The summed E-state index contributed by atoms with van der Waals surface area (Å²) in [6.45, 7) is 8.17. The van der Waals surface area contributed by atoms with Crippen molar-refractivity contribution in [3.8, 4) is 17.2 Å². The minimum Gasteiger partial charge on any atom is -0.504 e. The molecule has 2 N–H and O–H groups in total. The van der Waals surface area contributed by atoms with Gasteiger partial charge >= 0.3 is 0 Å². The molecular formula is C24H24N2O5S. The number of hydrogen-bond donors (Lipinski definition) is 2. The van der Waals surface area contributed by atoms with E-state index in [1.54, 1.807) is 49.4 Å². The van der Waals surface area contributed by atoms with Crippen molar-refractivity contribution in [3.05, 3.63) is 65.8 Å². The maximum absolute atomic E-state index is 13.3. The van der Waals surface area contributed by atoms with Crippen LogP contribution in [0.1, 0.15) is 25.0 Å². The molecule has 0 bridgehead atoms. The molecule has 0 radical (unpaired) electrons. The number of hydrogen-bond acceptors (Lipinski definition) is 6. The summed E-state index contributed by atoms with van der Waals surface area (Å²) in [4.78, 5) is 27.1. The van der Waals surface area contributed by atoms with Crippen LogP contribution in [0.4, 0.5) is 5.69 Å².